The van der Waals surface area contributed by atoms with Crippen molar-refractivity contribution < 1.29 is 4.74 Å². The average Bonchev–Trinajstić information content (AvgIpc) is 2.35. The number of piperidine rings is 1. The first-order valence-electron chi connectivity index (χ1n) is 7.86. The molecule has 0 aromatic rings. The average molecular weight is 267 g/mol. The Morgan fingerprint density at radius 1 is 1.11 bits per heavy atom. The molecule has 19 heavy (non-hydrogen) atoms. The van der Waals surface area contributed by atoms with Crippen molar-refractivity contribution in [2.24, 2.45) is 11.3 Å². The lowest BCUT2D eigenvalue weighted by Crippen LogP contribution is -2.58. The molecular formula is C15H29N3O. The molecular weight excluding hydrogens is 238 g/mol. The molecule has 3 saturated heterocycles. The van der Waals surface area contributed by atoms with Crippen LogP contribution in [0.1, 0.15) is 19.3 Å². The number of likely N-dealkylation sites (tertiary alicyclic amines) is 1. The van der Waals surface area contributed by atoms with Crippen molar-refractivity contribution in [1.82, 2.24) is 15.1 Å². The van der Waals surface area contributed by atoms with Crippen LogP contribution < -0.4 is 5.32 Å². The largest absolute Gasteiger partial charge is 0.380 e. The van der Waals surface area contributed by atoms with E-state index in [9.17, 15) is 0 Å². The van der Waals surface area contributed by atoms with E-state index in [4.69, 9.17) is 4.74 Å². The zero-order chi connectivity index (χ0) is 13.3. The molecule has 3 heterocycles. The third-order valence-corrected chi connectivity index (χ3v) is 5.48. The fraction of sp³-hybridized carbons (Fsp3) is 1.00. The van der Waals surface area contributed by atoms with Crippen molar-refractivity contribution in [3.05, 3.63) is 0 Å². The van der Waals surface area contributed by atoms with Crippen LogP contribution in [0.3, 0.4) is 0 Å². The number of nitrogens with one attached hydrogen (secondary N) is 1. The summed E-state index contributed by atoms with van der Waals surface area (Å²) in [5, 5.41) is 3.71. The topological polar surface area (TPSA) is 27.7 Å². The molecule has 1 atom stereocenters. The highest BCUT2D eigenvalue weighted by atomic mass is 16.5. The minimum absolute atomic E-state index is 0.483. The molecule has 4 heteroatoms. The van der Waals surface area contributed by atoms with Gasteiger partial charge < -0.3 is 19.9 Å². The maximum atomic E-state index is 5.63. The molecule has 3 fully saturated rings. The molecule has 0 saturated carbocycles. The summed E-state index contributed by atoms with van der Waals surface area (Å²) in [6.45, 7) is 8.08. The van der Waals surface area contributed by atoms with E-state index in [1.807, 2.05) is 0 Å². The van der Waals surface area contributed by atoms with Gasteiger partial charge in [-0.1, -0.05) is 0 Å². The van der Waals surface area contributed by atoms with E-state index < -0.39 is 0 Å². The number of rotatable bonds is 3. The highest BCUT2D eigenvalue weighted by Crippen LogP contribution is 2.45. The lowest BCUT2D eigenvalue weighted by atomic mass is 9.66. The van der Waals surface area contributed by atoms with E-state index in [-0.39, 0.29) is 0 Å². The predicted molar refractivity (Wildman–Crippen MR) is 77.4 cm³/mol. The minimum Gasteiger partial charge on any atom is -0.380 e. The Kier molecular flexibility index (Phi) is 4.13. The molecule has 0 aliphatic carbocycles. The number of likely N-dealkylation sites (N-methyl/N-ethyl adjacent to an activating group) is 1. The SMILES string of the molecule is CN1CCC(C2(CC3CN(C)CCN3)COC2)CC1. The predicted octanol–water partition coefficient (Wildman–Crippen LogP) is 0.639. The van der Waals surface area contributed by atoms with Crippen molar-refractivity contribution in [3.63, 3.8) is 0 Å². The van der Waals surface area contributed by atoms with E-state index in [0.717, 1.165) is 25.7 Å². The van der Waals surface area contributed by atoms with Gasteiger partial charge in [0.15, 0.2) is 0 Å². The Morgan fingerprint density at radius 3 is 2.42 bits per heavy atom. The summed E-state index contributed by atoms with van der Waals surface area (Å²) in [6, 6.07) is 0.669. The fourth-order valence-electron chi connectivity index (χ4n) is 4.12. The summed E-state index contributed by atoms with van der Waals surface area (Å²) in [6.07, 6.45) is 4.04. The first-order chi connectivity index (χ1) is 9.18. The van der Waals surface area contributed by atoms with Gasteiger partial charge in [-0.25, -0.2) is 0 Å². The summed E-state index contributed by atoms with van der Waals surface area (Å²) < 4.78 is 5.63. The first kappa shape index (κ1) is 13.8. The second-order valence-electron chi connectivity index (χ2n) is 7.05. The van der Waals surface area contributed by atoms with Crippen LogP contribution in [0, 0.1) is 11.3 Å². The van der Waals surface area contributed by atoms with Gasteiger partial charge in [-0.05, 0) is 52.4 Å². The lowest BCUT2D eigenvalue weighted by molar-refractivity contribution is -0.164. The van der Waals surface area contributed by atoms with Crippen LogP contribution in [-0.4, -0.2) is 75.9 Å². The normalized spacial score (nSPS) is 34.1. The van der Waals surface area contributed by atoms with Gasteiger partial charge in [0, 0.05) is 31.1 Å². The van der Waals surface area contributed by atoms with Gasteiger partial charge in [-0.3, -0.25) is 0 Å². The van der Waals surface area contributed by atoms with Crippen LogP contribution in [-0.2, 0) is 4.74 Å². The molecule has 3 aliphatic heterocycles. The van der Waals surface area contributed by atoms with Gasteiger partial charge in [0.05, 0.1) is 13.2 Å². The van der Waals surface area contributed by atoms with E-state index in [1.165, 1.54) is 45.4 Å². The summed E-state index contributed by atoms with van der Waals surface area (Å²) in [7, 11) is 4.49. The monoisotopic (exact) mass is 267 g/mol. The Labute approximate surface area is 117 Å². The molecule has 0 aromatic heterocycles. The van der Waals surface area contributed by atoms with Gasteiger partial charge in [0.2, 0.25) is 0 Å². The van der Waals surface area contributed by atoms with Crippen LogP contribution in [0.2, 0.25) is 0 Å². The second-order valence-corrected chi connectivity index (χ2v) is 7.05. The smallest absolute Gasteiger partial charge is 0.0548 e. The first-order valence-corrected chi connectivity index (χ1v) is 7.86. The molecule has 110 valence electrons. The zero-order valence-electron chi connectivity index (χ0n) is 12.5. The number of nitrogens with zero attached hydrogens (tertiary/aromatic N) is 2. The summed E-state index contributed by atoms with van der Waals surface area (Å²) in [5.74, 6) is 0.881. The van der Waals surface area contributed by atoms with Gasteiger partial charge in [0.25, 0.3) is 0 Å². The highest BCUT2D eigenvalue weighted by Gasteiger charge is 2.47. The highest BCUT2D eigenvalue weighted by molar-refractivity contribution is 4.97. The quantitative estimate of drug-likeness (QED) is 0.812. The number of piperazine rings is 1. The van der Waals surface area contributed by atoms with Crippen molar-refractivity contribution in [3.8, 4) is 0 Å². The second kappa shape index (κ2) is 5.68. The van der Waals surface area contributed by atoms with Gasteiger partial charge >= 0.3 is 0 Å². The van der Waals surface area contributed by atoms with Crippen LogP contribution in [0.25, 0.3) is 0 Å². The fourth-order valence-corrected chi connectivity index (χ4v) is 4.12. The third kappa shape index (κ3) is 2.97. The molecule has 0 spiro atoms. The Balaban J connectivity index is 1.59. The summed E-state index contributed by atoms with van der Waals surface area (Å²) in [4.78, 5) is 4.93. The van der Waals surface area contributed by atoms with E-state index in [0.29, 0.717) is 11.5 Å². The molecule has 0 aromatic carbocycles. The summed E-state index contributed by atoms with van der Waals surface area (Å²) in [5.41, 5.74) is 0.483. The van der Waals surface area contributed by atoms with Gasteiger partial charge in [0.1, 0.15) is 0 Å². The molecule has 3 aliphatic rings. The van der Waals surface area contributed by atoms with E-state index in [1.54, 1.807) is 0 Å². The van der Waals surface area contributed by atoms with Crippen LogP contribution in [0.5, 0.6) is 0 Å². The number of hydrogen-bond acceptors (Lipinski definition) is 4. The molecule has 3 rings (SSSR count). The number of hydrogen-bond donors (Lipinski definition) is 1. The van der Waals surface area contributed by atoms with Crippen molar-refractivity contribution in [2.75, 3.05) is 60.0 Å². The van der Waals surface area contributed by atoms with E-state index in [2.05, 4.69) is 29.2 Å². The molecule has 4 nitrogen and oxygen atoms in total. The van der Waals surface area contributed by atoms with Crippen LogP contribution in [0.15, 0.2) is 0 Å². The molecule has 0 amide bonds. The maximum Gasteiger partial charge on any atom is 0.0548 e. The van der Waals surface area contributed by atoms with Crippen molar-refractivity contribution >= 4 is 0 Å². The van der Waals surface area contributed by atoms with Crippen molar-refractivity contribution in [1.29, 1.82) is 0 Å². The number of ether oxygens (including phenoxy) is 1. The van der Waals surface area contributed by atoms with E-state index >= 15 is 0 Å². The molecule has 0 bridgehead atoms. The Hall–Kier alpha value is -0.160. The molecule has 1 N–H and O–H groups in total. The maximum absolute atomic E-state index is 5.63. The summed E-state index contributed by atoms with van der Waals surface area (Å²) >= 11 is 0. The minimum atomic E-state index is 0.483. The standard InChI is InChI=1S/C15H29N3O/c1-17-6-3-13(4-7-17)15(11-19-12-15)9-14-10-18(2)8-5-16-14/h13-14,16H,3-12H2,1-2H3. The lowest BCUT2D eigenvalue weighted by Gasteiger charge is -2.52. The molecule has 1 unspecified atom stereocenters. The molecule has 0 radical (unpaired) electrons. The van der Waals surface area contributed by atoms with Gasteiger partial charge in [-0.2, -0.15) is 0 Å². The van der Waals surface area contributed by atoms with Crippen molar-refractivity contribution in [2.45, 2.75) is 25.3 Å². The Morgan fingerprint density at radius 2 is 1.84 bits per heavy atom. The Bertz CT molecular complexity index is 298. The van der Waals surface area contributed by atoms with Crippen LogP contribution in [0.4, 0.5) is 0 Å². The van der Waals surface area contributed by atoms with Crippen LogP contribution >= 0.6 is 0 Å². The third-order valence-electron chi connectivity index (χ3n) is 5.48. The van der Waals surface area contributed by atoms with Gasteiger partial charge in [-0.15, -0.1) is 0 Å². The zero-order valence-corrected chi connectivity index (χ0v) is 12.5.